The summed E-state index contributed by atoms with van der Waals surface area (Å²) in [5, 5.41) is 3.40. The molecule has 1 heterocycles. The van der Waals surface area contributed by atoms with Gasteiger partial charge >= 0.3 is 0 Å². The summed E-state index contributed by atoms with van der Waals surface area (Å²) in [7, 11) is 0. The van der Waals surface area contributed by atoms with Crippen molar-refractivity contribution in [2.75, 3.05) is 45.9 Å². The summed E-state index contributed by atoms with van der Waals surface area (Å²) < 4.78 is 11.2. The number of hydrogen-bond acceptors (Lipinski definition) is 4. The van der Waals surface area contributed by atoms with Gasteiger partial charge in [0.2, 0.25) is 0 Å². The second-order valence-corrected chi connectivity index (χ2v) is 5.37. The van der Waals surface area contributed by atoms with Crippen LogP contribution in [0.15, 0.2) is 0 Å². The Balaban J connectivity index is 2.10. The third kappa shape index (κ3) is 6.36. The van der Waals surface area contributed by atoms with E-state index in [9.17, 15) is 0 Å². The van der Waals surface area contributed by atoms with Gasteiger partial charge in [-0.25, -0.2) is 0 Å². The molecule has 1 atom stereocenters. The van der Waals surface area contributed by atoms with E-state index in [2.05, 4.69) is 31.0 Å². The number of rotatable bonds is 7. The molecule has 0 saturated carbocycles. The molecule has 1 fully saturated rings. The van der Waals surface area contributed by atoms with Crippen LogP contribution in [0.2, 0.25) is 0 Å². The minimum Gasteiger partial charge on any atom is -0.380 e. The highest BCUT2D eigenvalue weighted by Crippen LogP contribution is 2.19. The topological polar surface area (TPSA) is 33.7 Å². The van der Waals surface area contributed by atoms with E-state index in [1.165, 1.54) is 0 Å². The van der Waals surface area contributed by atoms with Crippen LogP contribution in [0, 0.1) is 0 Å². The molecule has 1 N–H and O–H groups in total. The Labute approximate surface area is 106 Å². The van der Waals surface area contributed by atoms with Gasteiger partial charge in [0.25, 0.3) is 0 Å². The minimum absolute atomic E-state index is 0.0109. The van der Waals surface area contributed by atoms with Crippen molar-refractivity contribution in [3.05, 3.63) is 0 Å². The Morgan fingerprint density at radius 3 is 2.82 bits per heavy atom. The summed E-state index contributed by atoms with van der Waals surface area (Å²) in [6, 6.07) is 0. The molecule has 0 bridgehead atoms. The van der Waals surface area contributed by atoms with Crippen molar-refractivity contribution >= 4 is 0 Å². The second-order valence-electron chi connectivity index (χ2n) is 5.37. The lowest BCUT2D eigenvalue weighted by Crippen LogP contribution is -2.53. The zero-order chi connectivity index (χ0) is 12.7. The summed E-state index contributed by atoms with van der Waals surface area (Å²) in [5.74, 6) is 0. The molecule has 1 saturated heterocycles. The fraction of sp³-hybridized carbons (Fsp3) is 1.00. The van der Waals surface area contributed by atoms with Crippen LogP contribution in [0.25, 0.3) is 0 Å². The molecule has 0 spiro atoms. The molecule has 0 amide bonds. The average molecular weight is 244 g/mol. The Morgan fingerprint density at radius 1 is 1.41 bits per heavy atom. The van der Waals surface area contributed by atoms with Gasteiger partial charge < -0.3 is 14.8 Å². The number of morpholine rings is 1. The van der Waals surface area contributed by atoms with Crippen molar-refractivity contribution < 1.29 is 9.47 Å². The van der Waals surface area contributed by atoms with Gasteiger partial charge in [0.1, 0.15) is 0 Å². The molecular formula is C13H28N2O2. The standard InChI is InChI=1S/C13H28N2O2/c1-5-16-9-7-14-6-8-15-10-12(2)17-13(3,4)11-15/h12,14H,5-11H2,1-4H3. The zero-order valence-corrected chi connectivity index (χ0v) is 11.8. The lowest BCUT2D eigenvalue weighted by molar-refractivity contribution is -0.128. The predicted molar refractivity (Wildman–Crippen MR) is 70.4 cm³/mol. The monoisotopic (exact) mass is 244 g/mol. The number of nitrogens with zero attached hydrogens (tertiary/aromatic N) is 1. The van der Waals surface area contributed by atoms with E-state index in [0.717, 1.165) is 45.9 Å². The van der Waals surface area contributed by atoms with Crippen LogP contribution in [0.1, 0.15) is 27.7 Å². The zero-order valence-electron chi connectivity index (χ0n) is 11.8. The first-order valence-electron chi connectivity index (χ1n) is 6.72. The summed E-state index contributed by atoms with van der Waals surface area (Å²) in [4.78, 5) is 2.47. The first kappa shape index (κ1) is 14.9. The lowest BCUT2D eigenvalue weighted by atomic mass is 10.1. The van der Waals surface area contributed by atoms with Crippen LogP contribution >= 0.6 is 0 Å². The summed E-state index contributed by atoms with van der Waals surface area (Å²) in [6.07, 6.45) is 0.335. The minimum atomic E-state index is -0.0109. The SMILES string of the molecule is CCOCCNCCN1CC(C)OC(C)(C)C1. The van der Waals surface area contributed by atoms with Gasteiger partial charge in [-0.15, -0.1) is 0 Å². The highest BCUT2D eigenvalue weighted by molar-refractivity contribution is 4.82. The Kier molecular flexibility index (Phi) is 6.41. The first-order chi connectivity index (χ1) is 8.03. The average Bonchev–Trinajstić information content (AvgIpc) is 2.20. The molecule has 0 aliphatic carbocycles. The Hall–Kier alpha value is -0.160. The highest BCUT2D eigenvalue weighted by atomic mass is 16.5. The normalized spacial score (nSPS) is 25.1. The first-order valence-corrected chi connectivity index (χ1v) is 6.72. The van der Waals surface area contributed by atoms with Crippen LogP contribution in [0.5, 0.6) is 0 Å². The van der Waals surface area contributed by atoms with Gasteiger partial charge in [0, 0.05) is 39.3 Å². The van der Waals surface area contributed by atoms with Crippen LogP contribution in [-0.2, 0) is 9.47 Å². The molecule has 0 aromatic heterocycles. The van der Waals surface area contributed by atoms with E-state index >= 15 is 0 Å². The maximum absolute atomic E-state index is 5.88. The van der Waals surface area contributed by atoms with Crippen molar-refractivity contribution in [3.63, 3.8) is 0 Å². The Bertz CT molecular complexity index is 210. The third-order valence-corrected chi connectivity index (χ3v) is 2.87. The van der Waals surface area contributed by atoms with Crippen LogP contribution < -0.4 is 5.32 Å². The van der Waals surface area contributed by atoms with Crippen molar-refractivity contribution in [1.29, 1.82) is 0 Å². The van der Waals surface area contributed by atoms with Crippen molar-refractivity contribution in [1.82, 2.24) is 10.2 Å². The maximum atomic E-state index is 5.88. The van der Waals surface area contributed by atoms with E-state index in [0.29, 0.717) is 6.10 Å². The fourth-order valence-electron chi connectivity index (χ4n) is 2.41. The van der Waals surface area contributed by atoms with E-state index in [4.69, 9.17) is 9.47 Å². The summed E-state index contributed by atoms with van der Waals surface area (Å²) >= 11 is 0. The van der Waals surface area contributed by atoms with Gasteiger partial charge in [-0.05, 0) is 27.7 Å². The van der Waals surface area contributed by atoms with E-state index in [1.54, 1.807) is 0 Å². The molecule has 4 heteroatoms. The van der Waals surface area contributed by atoms with Gasteiger partial charge in [0.05, 0.1) is 18.3 Å². The second kappa shape index (κ2) is 7.31. The van der Waals surface area contributed by atoms with Gasteiger partial charge in [-0.2, -0.15) is 0 Å². The predicted octanol–water partition coefficient (Wildman–Crippen LogP) is 1.11. The maximum Gasteiger partial charge on any atom is 0.0757 e. The fourth-order valence-corrected chi connectivity index (χ4v) is 2.41. The number of ether oxygens (including phenoxy) is 2. The molecule has 4 nitrogen and oxygen atoms in total. The van der Waals surface area contributed by atoms with Gasteiger partial charge in [-0.3, -0.25) is 4.90 Å². The van der Waals surface area contributed by atoms with Crippen molar-refractivity contribution in [2.24, 2.45) is 0 Å². The van der Waals surface area contributed by atoms with E-state index in [1.807, 2.05) is 6.92 Å². The van der Waals surface area contributed by atoms with Crippen LogP contribution in [0.3, 0.4) is 0 Å². The molecule has 0 radical (unpaired) electrons. The summed E-state index contributed by atoms with van der Waals surface area (Å²) in [6.45, 7) is 15.2. The molecule has 1 unspecified atom stereocenters. The van der Waals surface area contributed by atoms with E-state index < -0.39 is 0 Å². The smallest absolute Gasteiger partial charge is 0.0757 e. The molecule has 0 aromatic rings. The molecule has 102 valence electrons. The highest BCUT2D eigenvalue weighted by Gasteiger charge is 2.30. The molecule has 0 aromatic carbocycles. The molecular weight excluding hydrogens is 216 g/mol. The quantitative estimate of drug-likeness (QED) is 0.680. The van der Waals surface area contributed by atoms with Crippen molar-refractivity contribution in [2.45, 2.75) is 39.4 Å². The Morgan fingerprint density at radius 2 is 2.18 bits per heavy atom. The van der Waals surface area contributed by atoms with Crippen molar-refractivity contribution in [3.8, 4) is 0 Å². The van der Waals surface area contributed by atoms with Gasteiger partial charge in [0.15, 0.2) is 0 Å². The molecule has 17 heavy (non-hydrogen) atoms. The molecule has 1 aliphatic rings. The lowest BCUT2D eigenvalue weighted by Gasteiger charge is -2.41. The molecule has 1 aliphatic heterocycles. The largest absolute Gasteiger partial charge is 0.380 e. The van der Waals surface area contributed by atoms with Crippen LogP contribution in [0.4, 0.5) is 0 Å². The van der Waals surface area contributed by atoms with E-state index in [-0.39, 0.29) is 5.60 Å². The molecule has 1 rings (SSSR count). The third-order valence-electron chi connectivity index (χ3n) is 2.87. The summed E-state index contributed by atoms with van der Waals surface area (Å²) in [5.41, 5.74) is -0.0109. The number of nitrogens with one attached hydrogen (secondary N) is 1. The number of hydrogen-bond donors (Lipinski definition) is 1. The van der Waals surface area contributed by atoms with Gasteiger partial charge in [-0.1, -0.05) is 0 Å². The van der Waals surface area contributed by atoms with Crippen LogP contribution in [-0.4, -0.2) is 62.5 Å².